The molecule has 0 saturated carbocycles. The van der Waals surface area contributed by atoms with E-state index >= 15 is 0 Å². The third-order valence-corrected chi connectivity index (χ3v) is 3.08. The van der Waals surface area contributed by atoms with Gasteiger partial charge in [-0.3, -0.25) is 4.79 Å². The molecule has 3 heteroatoms. The quantitative estimate of drug-likeness (QED) is 0.741. The van der Waals surface area contributed by atoms with Crippen molar-refractivity contribution >= 4 is 23.2 Å². The van der Waals surface area contributed by atoms with Crippen molar-refractivity contribution in [3.05, 3.63) is 88.4 Å². The predicted molar refractivity (Wildman–Crippen MR) is 86.9 cm³/mol. The highest BCUT2D eigenvalue weighted by Crippen LogP contribution is 2.07. The fourth-order valence-corrected chi connectivity index (χ4v) is 2.03. The van der Waals surface area contributed by atoms with Gasteiger partial charge in [-0.15, -0.1) is 0 Å². The lowest BCUT2D eigenvalue weighted by molar-refractivity contribution is 1.19. The molecule has 0 radical (unpaired) electrons. The fraction of sp³-hybridized carbons (Fsp3) is 0. The SMILES string of the molecule is O=c1[nH]c2ccccc2nc1/C=C/C=C/c1ccccc1. The smallest absolute Gasteiger partial charge is 0.274 e. The van der Waals surface area contributed by atoms with Gasteiger partial charge >= 0.3 is 0 Å². The first-order valence-electron chi connectivity index (χ1n) is 6.72. The molecule has 0 fully saturated rings. The van der Waals surface area contributed by atoms with E-state index in [4.69, 9.17) is 0 Å². The van der Waals surface area contributed by atoms with E-state index in [1.165, 1.54) is 0 Å². The number of hydrogen-bond donors (Lipinski definition) is 1. The van der Waals surface area contributed by atoms with Crippen LogP contribution in [0.2, 0.25) is 0 Å². The Bertz CT molecular complexity index is 861. The summed E-state index contributed by atoms with van der Waals surface area (Å²) in [6.45, 7) is 0. The minimum absolute atomic E-state index is 0.182. The molecule has 0 aliphatic carbocycles. The Hall–Kier alpha value is -2.94. The van der Waals surface area contributed by atoms with Crippen LogP contribution in [0.5, 0.6) is 0 Å². The van der Waals surface area contributed by atoms with E-state index in [0.29, 0.717) is 5.69 Å². The summed E-state index contributed by atoms with van der Waals surface area (Å²) in [6, 6.07) is 17.5. The Kier molecular flexibility index (Phi) is 3.74. The minimum atomic E-state index is -0.182. The Balaban J connectivity index is 1.84. The number of nitrogens with one attached hydrogen (secondary N) is 1. The van der Waals surface area contributed by atoms with E-state index in [2.05, 4.69) is 9.97 Å². The molecule has 0 saturated heterocycles. The van der Waals surface area contributed by atoms with Gasteiger partial charge < -0.3 is 4.98 Å². The van der Waals surface area contributed by atoms with Crippen molar-refractivity contribution in [2.75, 3.05) is 0 Å². The molecule has 2 aromatic carbocycles. The molecule has 0 atom stereocenters. The summed E-state index contributed by atoms with van der Waals surface area (Å²) in [5.74, 6) is 0. The van der Waals surface area contributed by atoms with Gasteiger partial charge in [0, 0.05) is 0 Å². The van der Waals surface area contributed by atoms with Gasteiger partial charge in [0.05, 0.1) is 11.0 Å². The summed E-state index contributed by atoms with van der Waals surface area (Å²) in [4.78, 5) is 19.1. The van der Waals surface area contributed by atoms with E-state index in [-0.39, 0.29) is 5.56 Å². The van der Waals surface area contributed by atoms with Crippen molar-refractivity contribution < 1.29 is 0 Å². The molecule has 3 aromatic rings. The van der Waals surface area contributed by atoms with E-state index in [9.17, 15) is 4.79 Å². The summed E-state index contributed by atoms with van der Waals surface area (Å²) in [6.07, 6.45) is 7.40. The number of para-hydroxylation sites is 2. The van der Waals surface area contributed by atoms with Crippen molar-refractivity contribution in [2.24, 2.45) is 0 Å². The van der Waals surface area contributed by atoms with Gasteiger partial charge in [0.1, 0.15) is 5.69 Å². The first-order chi connectivity index (χ1) is 10.3. The zero-order valence-electron chi connectivity index (χ0n) is 11.4. The second-order valence-electron chi connectivity index (χ2n) is 4.60. The van der Waals surface area contributed by atoms with Gasteiger partial charge in [0.25, 0.3) is 5.56 Å². The largest absolute Gasteiger partial charge is 0.319 e. The monoisotopic (exact) mass is 274 g/mol. The fourth-order valence-electron chi connectivity index (χ4n) is 2.03. The molecule has 0 aliphatic rings. The molecule has 0 aliphatic heterocycles. The van der Waals surface area contributed by atoms with Crippen molar-refractivity contribution in [3.63, 3.8) is 0 Å². The highest BCUT2D eigenvalue weighted by molar-refractivity contribution is 5.74. The third kappa shape index (κ3) is 3.15. The van der Waals surface area contributed by atoms with Gasteiger partial charge in [-0.25, -0.2) is 4.98 Å². The molecule has 0 spiro atoms. The van der Waals surface area contributed by atoms with Gasteiger partial charge in [-0.1, -0.05) is 60.7 Å². The Morgan fingerprint density at radius 1 is 0.857 bits per heavy atom. The molecular weight excluding hydrogens is 260 g/mol. The van der Waals surface area contributed by atoms with E-state index in [1.54, 1.807) is 6.08 Å². The van der Waals surface area contributed by atoms with Crippen LogP contribution in [0.15, 0.2) is 71.5 Å². The van der Waals surface area contributed by atoms with E-state index in [1.807, 2.05) is 72.8 Å². The molecule has 1 heterocycles. The lowest BCUT2D eigenvalue weighted by Crippen LogP contribution is -2.11. The van der Waals surface area contributed by atoms with Crippen LogP contribution in [0.4, 0.5) is 0 Å². The summed E-state index contributed by atoms with van der Waals surface area (Å²) < 4.78 is 0. The number of rotatable bonds is 3. The zero-order chi connectivity index (χ0) is 14.5. The van der Waals surface area contributed by atoms with Crippen LogP contribution in [0, 0.1) is 0 Å². The Labute approximate surface area is 122 Å². The molecule has 102 valence electrons. The van der Waals surface area contributed by atoms with Crippen molar-refractivity contribution in [2.45, 2.75) is 0 Å². The summed E-state index contributed by atoms with van der Waals surface area (Å²) in [7, 11) is 0. The molecular formula is C18H14N2O. The van der Waals surface area contributed by atoms with Crippen LogP contribution in [-0.4, -0.2) is 9.97 Å². The average Bonchev–Trinajstić information content (AvgIpc) is 2.53. The minimum Gasteiger partial charge on any atom is -0.319 e. The van der Waals surface area contributed by atoms with E-state index in [0.717, 1.165) is 16.6 Å². The first kappa shape index (κ1) is 13.1. The number of benzene rings is 2. The predicted octanol–water partition coefficient (Wildman–Crippen LogP) is 3.65. The third-order valence-electron chi connectivity index (χ3n) is 3.08. The molecule has 1 aromatic heterocycles. The molecule has 1 N–H and O–H groups in total. The summed E-state index contributed by atoms with van der Waals surface area (Å²) in [5.41, 5.74) is 2.87. The highest BCUT2D eigenvalue weighted by Gasteiger charge is 1.99. The Morgan fingerprint density at radius 2 is 1.57 bits per heavy atom. The van der Waals surface area contributed by atoms with Crippen LogP contribution in [0.25, 0.3) is 23.2 Å². The number of aromatic nitrogens is 2. The lowest BCUT2D eigenvalue weighted by Gasteiger charge is -1.97. The second-order valence-corrected chi connectivity index (χ2v) is 4.60. The average molecular weight is 274 g/mol. The van der Waals surface area contributed by atoms with Crippen LogP contribution in [0.1, 0.15) is 11.3 Å². The van der Waals surface area contributed by atoms with Gasteiger partial charge in [0.2, 0.25) is 0 Å². The van der Waals surface area contributed by atoms with Crippen molar-refractivity contribution in [3.8, 4) is 0 Å². The van der Waals surface area contributed by atoms with Crippen LogP contribution in [-0.2, 0) is 0 Å². The maximum atomic E-state index is 11.9. The topological polar surface area (TPSA) is 45.8 Å². The van der Waals surface area contributed by atoms with Crippen LogP contribution in [0.3, 0.4) is 0 Å². The number of nitrogens with zero attached hydrogens (tertiary/aromatic N) is 1. The molecule has 0 unspecified atom stereocenters. The number of H-pyrrole nitrogens is 1. The molecule has 3 nitrogen and oxygen atoms in total. The standard InChI is InChI=1S/C18H14N2O/c21-18-17(19-15-11-6-7-12-16(15)20-18)13-5-4-10-14-8-2-1-3-9-14/h1-13H,(H,20,21)/b10-4+,13-5+. The maximum Gasteiger partial charge on any atom is 0.274 e. The van der Waals surface area contributed by atoms with Gasteiger partial charge in [0.15, 0.2) is 0 Å². The number of hydrogen-bond acceptors (Lipinski definition) is 2. The van der Waals surface area contributed by atoms with Crippen molar-refractivity contribution in [1.29, 1.82) is 0 Å². The summed E-state index contributed by atoms with van der Waals surface area (Å²) >= 11 is 0. The van der Waals surface area contributed by atoms with Crippen LogP contribution < -0.4 is 5.56 Å². The van der Waals surface area contributed by atoms with Crippen LogP contribution >= 0.6 is 0 Å². The van der Waals surface area contributed by atoms with Gasteiger partial charge in [-0.2, -0.15) is 0 Å². The Morgan fingerprint density at radius 3 is 2.43 bits per heavy atom. The normalized spacial score (nSPS) is 11.6. The molecule has 3 rings (SSSR count). The lowest BCUT2D eigenvalue weighted by atomic mass is 10.2. The molecule has 0 bridgehead atoms. The van der Waals surface area contributed by atoms with E-state index < -0.39 is 0 Å². The number of aromatic amines is 1. The molecule has 21 heavy (non-hydrogen) atoms. The zero-order valence-corrected chi connectivity index (χ0v) is 11.4. The second kappa shape index (κ2) is 6.01. The first-order valence-corrected chi connectivity index (χ1v) is 6.72. The highest BCUT2D eigenvalue weighted by atomic mass is 16.1. The number of fused-ring (bicyclic) bond motifs is 1. The van der Waals surface area contributed by atoms with Gasteiger partial charge in [-0.05, 0) is 23.8 Å². The molecule has 0 amide bonds. The van der Waals surface area contributed by atoms with Crippen molar-refractivity contribution in [1.82, 2.24) is 9.97 Å². The summed E-state index contributed by atoms with van der Waals surface area (Å²) in [5, 5.41) is 0. The number of allylic oxidation sites excluding steroid dienone is 2. The maximum absolute atomic E-state index is 11.9.